The van der Waals surface area contributed by atoms with Gasteiger partial charge in [-0.2, -0.15) is 0 Å². The number of methoxy groups -OCH3 is 1. The fourth-order valence-corrected chi connectivity index (χ4v) is 4.51. The van der Waals surface area contributed by atoms with E-state index in [0.717, 1.165) is 16.8 Å². The van der Waals surface area contributed by atoms with Gasteiger partial charge < -0.3 is 25.4 Å². The van der Waals surface area contributed by atoms with Crippen LogP contribution in [0.25, 0.3) is 6.08 Å². The molecule has 1 aliphatic heterocycles. The van der Waals surface area contributed by atoms with Crippen molar-refractivity contribution in [2.45, 2.75) is 12.4 Å². The van der Waals surface area contributed by atoms with Gasteiger partial charge in [0.1, 0.15) is 0 Å². The van der Waals surface area contributed by atoms with Crippen molar-refractivity contribution in [3.05, 3.63) is 87.8 Å². The highest BCUT2D eigenvalue weighted by atomic mass is 35.5. The van der Waals surface area contributed by atoms with Gasteiger partial charge in [-0.3, -0.25) is 9.59 Å². The maximum absolute atomic E-state index is 12.5. The molecule has 1 unspecified atom stereocenters. The molecule has 0 bridgehead atoms. The van der Waals surface area contributed by atoms with Gasteiger partial charge in [0.2, 0.25) is 0 Å². The van der Waals surface area contributed by atoms with Crippen LogP contribution in [-0.4, -0.2) is 31.0 Å². The number of amides is 2. The number of para-hydroxylation sites is 1. The summed E-state index contributed by atoms with van der Waals surface area (Å²) < 4.78 is 11.1. The summed E-state index contributed by atoms with van der Waals surface area (Å²) in [7, 11) is 1.52. The molecule has 180 valence electrons. The van der Waals surface area contributed by atoms with E-state index in [1.807, 2.05) is 43.3 Å². The van der Waals surface area contributed by atoms with Crippen LogP contribution in [0.2, 0.25) is 5.02 Å². The van der Waals surface area contributed by atoms with Crippen LogP contribution >= 0.6 is 23.4 Å². The van der Waals surface area contributed by atoms with Crippen LogP contribution in [-0.2, 0) is 9.59 Å². The van der Waals surface area contributed by atoms with Crippen molar-refractivity contribution < 1.29 is 19.1 Å². The average Bonchev–Trinajstić information content (AvgIpc) is 3.19. The third kappa shape index (κ3) is 6.49. The monoisotopic (exact) mass is 509 g/mol. The first-order valence-corrected chi connectivity index (χ1v) is 12.0. The summed E-state index contributed by atoms with van der Waals surface area (Å²) in [6, 6.07) is 20.0. The van der Waals surface area contributed by atoms with E-state index in [4.69, 9.17) is 21.1 Å². The largest absolute Gasteiger partial charge is 0.493 e. The Morgan fingerprint density at radius 2 is 1.91 bits per heavy atom. The molecule has 1 atom stereocenters. The molecule has 3 N–H and O–H groups in total. The Bertz CT molecular complexity index is 1270. The van der Waals surface area contributed by atoms with Gasteiger partial charge in [0.05, 0.1) is 12.0 Å². The van der Waals surface area contributed by atoms with Crippen molar-refractivity contribution in [2.24, 2.45) is 0 Å². The number of anilines is 2. The van der Waals surface area contributed by atoms with Gasteiger partial charge in [-0.1, -0.05) is 53.7 Å². The first-order valence-electron chi connectivity index (χ1n) is 10.8. The van der Waals surface area contributed by atoms with Gasteiger partial charge in [-0.25, -0.2) is 0 Å². The van der Waals surface area contributed by atoms with Crippen molar-refractivity contribution in [2.75, 3.05) is 24.4 Å². The Hall–Kier alpha value is -3.62. The number of ether oxygens (including phenoxy) is 2. The number of rotatable bonds is 8. The molecule has 9 heteroatoms. The lowest BCUT2D eigenvalue weighted by Gasteiger charge is -2.15. The molecule has 0 radical (unpaired) electrons. The van der Waals surface area contributed by atoms with Crippen LogP contribution in [0.5, 0.6) is 11.5 Å². The maximum atomic E-state index is 12.5. The molecule has 0 aliphatic carbocycles. The molecule has 35 heavy (non-hydrogen) atoms. The number of thioether (sulfide) groups is 1. The quantitative estimate of drug-likeness (QED) is 0.358. The molecule has 1 heterocycles. The second-order valence-electron chi connectivity index (χ2n) is 7.70. The molecule has 1 aliphatic rings. The lowest BCUT2D eigenvalue weighted by atomic mass is 10.2. The van der Waals surface area contributed by atoms with Gasteiger partial charge in [-0.15, -0.1) is 0 Å². The van der Waals surface area contributed by atoms with E-state index >= 15 is 0 Å². The summed E-state index contributed by atoms with van der Waals surface area (Å²) in [6.07, 6.45) is 1.78. The molecule has 7 nitrogen and oxygen atoms in total. The normalized spacial score (nSPS) is 16.0. The number of carbonyl (C=O) groups excluding carboxylic acids is 2. The lowest BCUT2D eigenvalue weighted by Crippen LogP contribution is -2.31. The number of carbonyl (C=O) groups is 2. The minimum Gasteiger partial charge on any atom is -0.493 e. The first kappa shape index (κ1) is 24.5. The Kier molecular flexibility index (Phi) is 7.84. The summed E-state index contributed by atoms with van der Waals surface area (Å²) >= 11 is 7.47. The third-order valence-corrected chi connectivity index (χ3v) is 6.38. The Morgan fingerprint density at radius 1 is 1.11 bits per heavy atom. The Labute approximate surface area is 212 Å². The van der Waals surface area contributed by atoms with E-state index in [0.29, 0.717) is 27.1 Å². The molecular weight excluding hydrogens is 486 g/mol. The van der Waals surface area contributed by atoms with Crippen LogP contribution in [0.3, 0.4) is 0 Å². The van der Waals surface area contributed by atoms with E-state index in [1.54, 1.807) is 36.4 Å². The van der Waals surface area contributed by atoms with Crippen LogP contribution < -0.4 is 25.4 Å². The van der Waals surface area contributed by atoms with Gasteiger partial charge in [0.25, 0.3) is 11.8 Å². The van der Waals surface area contributed by atoms with Crippen LogP contribution in [0, 0.1) is 6.92 Å². The minimum atomic E-state index is -0.321. The van der Waals surface area contributed by atoms with Crippen molar-refractivity contribution >= 4 is 52.6 Å². The summed E-state index contributed by atoms with van der Waals surface area (Å²) in [5.74, 6) is 0.429. The summed E-state index contributed by atoms with van der Waals surface area (Å²) in [5.41, 5.74) is 3.02. The zero-order chi connectivity index (χ0) is 24.8. The van der Waals surface area contributed by atoms with E-state index in [-0.39, 0.29) is 23.9 Å². The topological polar surface area (TPSA) is 88.7 Å². The highest BCUT2D eigenvalue weighted by Gasteiger charge is 2.27. The molecule has 3 aromatic rings. The fraction of sp³-hybridized carbons (Fsp3) is 0.154. The number of benzene rings is 3. The number of nitrogens with one attached hydrogen (secondary N) is 3. The number of halogens is 1. The molecular formula is C26H24ClN3O4S. The second-order valence-corrected chi connectivity index (χ2v) is 9.28. The Morgan fingerprint density at radius 3 is 2.69 bits per heavy atom. The van der Waals surface area contributed by atoms with Gasteiger partial charge in [0, 0.05) is 16.4 Å². The summed E-state index contributed by atoms with van der Waals surface area (Å²) in [6.45, 7) is 1.80. The third-order valence-electron chi connectivity index (χ3n) is 5.12. The number of hydrogen-bond acceptors (Lipinski definition) is 6. The molecule has 0 saturated carbocycles. The standard InChI is InChI=1S/C26H24ClN3O4S/c1-16-8-10-18(27)14-20(16)29-26-30-25(32)23(35-26)13-17-9-11-21(22(12-17)33-2)34-15-24(31)28-19-6-4-3-5-7-19/h3-14,26,29H,15H2,1-2H3,(H,28,31)(H,30,32)/b23-13-. The number of hydrogen-bond donors (Lipinski definition) is 3. The maximum Gasteiger partial charge on any atom is 0.262 e. The van der Waals surface area contributed by atoms with E-state index in [1.165, 1.54) is 18.9 Å². The minimum absolute atomic E-state index is 0.166. The van der Waals surface area contributed by atoms with E-state index < -0.39 is 0 Å². The van der Waals surface area contributed by atoms with Crippen LogP contribution in [0.4, 0.5) is 11.4 Å². The highest BCUT2D eigenvalue weighted by molar-refractivity contribution is 8.05. The van der Waals surface area contributed by atoms with Crippen molar-refractivity contribution in [1.29, 1.82) is 0 Å². The van der Waals surface area contributed by atoms with Gasteiger partial charge in [-0.05, 0) is 60.5 Å². The smallest absolute Gasteiger partial charge is 0.262 e. The molecule has 2 amide bonds. The van der Waals surface area contributed by atoms with E-state index in [2.05, 4.69) is 16.0 Å². The zero-order valence-electron chi connectivity index (χ0n) is 19.1. The van der Waals surface area contributed by atoms with Gasteiger partial charge >= 0.3 is 0 Å². The molecule has 0 spiro atoms. The predicted molar refractivity (Wildman–Crippen MR) is 141 cm³/mol. The van der Waals surface area contributed by atoms with Crippen LogP contribution in [0.1, 0.15) is 11.1 Å². The molecule has 0 aromatic heterocycles. The van der Waals surface area contributed by atoms with E-state index in [9.17, 15) is 9.59 Å². The first-order chi connectivity index (χ1) is 16.9. The van der Waals surface area contributed by atoms with Crippen molar-refractivity contribution in [1.82, 2.24) is 5.32 Å². The molecule has 3 aromatic carbocycles. The molecule has 1 fully saturated rings. The molecule has 1 saturated heterocycles. The predicted octanol–water partition coefficient (Wildman–Crippen LogP) is 5.27. The zero-order valence-corrected chi connectivity index (χ0v) is 20.7. The second kappa shape index (κ2) is 11.2. The van der Waals surface area contributed by atoms with Crippen molar-refractivity contribution in [3.63, 3.8) is 0 Å². The molecule has 4 rings (SSSR count). The lowest BCUT2D eigenvalue weighted by molar-refractivity contribution is -0.118. The summed E-state index contributed by atoms with van der Waals surface area (Å²) in [4.78, 5) is 25.2. The van der Waals surface area contributed by atoms with Gasteiger partial charge in [0.15, 0.2) is 23.6 Å². The van der Waals surface area contributed by atoms with Crippen LogP contribution in [0.15, 0.2) is 71.6 Å². The fourth-order valence-electron chi connectivity index (χ4n) is 3.36. The highest BCUT2D eigenvalue weighted by Crippen LogP contribution is 2.34. The Balaban J connectivity index is 1.40. The summed E-state index contributed by atoms with van der Waals surface area (Å²) in [5, 5.41) is 9.60. The number of aryl methyl sites for hydroxylation is 1. The van der Waals surface area contributed by atoms with Crippen molar-refractivity contribution in [3.8, 4) is 11.5 Å². The SMILES string of the molecule is COc1cc(/C=C2\SC(Nc3cc(Cl)ccc3C)NC2=O)ccc1OCC(=O)Nc1ccccc1. The average molecular weight is 510 g/mol.